The number of nitrogens with one attached hydrogen (secondary N) is 2. The lowest BCUT2D eigenvalue weighted by atomic mass is 10.1. The summed E-state index contributed by atoms with van der Waals surface area (Å²) in [4.78, 5) is 37.8. The normalized spacial score (nSPS) is 16.5. The van der Waals surface area contributed by atoms with Crippen molar-refractivity contribution in [3.8, 4) is 0 Å². The summed E-state index contributed by atoms with van der Waals surface area (Å²) in [6.07, 6.45) is 0.400. The van der Waals surface area contributed by atoms with Gasteiger partial charge in [0.05, 0.1) is 6.42 Å². The van der Waals surface area contributed by atoms with Gasteiger partial charge in [0, 0.05) is 13.7 Å². The van der Waals surface area contributed by atoms with Crippen molar-refractivity contribution in [1.82, 2.24) is 20.4 Å². The van der Waals surface area contributed by atoms with E-state index in [0.717, 1.165) is 10.5 Å². The summed E-state index contributed by atoms with van der Waals surface area (Å²) >= 11 is 1.19. The van der Waals surface area contributed by atoms with Crippen LogP contribution in [-0.4, -0.2) is 52.6 Å². The van der Waals surface area contributed by atoms with E-state index < -0.39 is 23.9 Å². The number of anilines is 1. The molecule has 0 aliphatic carbocycles. The summed E-state index contributed by atoms with van der Waals surface area (Å²) in [5, 5.41) is 13.8. The third-order valence-electron chi connectivity index (χ3n) is 3.94. The monoisotopic (exact) mass is 389 g/mol. The summed E-state index contributed by atoms with van der Waals surface area (Å²) in [5.74, 6) is -0.818. The molecule has 0 unspecified atom stereocenters. The van der Waals surface area contributed by atoms with Gasteiger partial charge in [-0.25, -0.2) is 4.79 Å². The van der Waals surface area contributed by atoms with E-state index >= 15 is 0 Å². The average molecular weight is 389 g/mol. The Morgan fingerprint density at radius 2 is 2.07 bits per heavy atom. The lowest BCUT2D eigenvalue weighted by Crippen LogP contribution is -2.34. The zero-order chi connectivity index (χ0) is 19.2. The van der Waals surface area contributed by atoms with Crippen molar-refractivity contribution < 1.29 is 19.1 Å². The van der Waals surface area contributed by atoms with Gasteiger partial charge in [-0.05, 0) is 12.0 Å². The Labute approximate surface area is 159 Å². The van der Waals surface area contributed by atoms with E-state index in [4.69, 9.17) is 4.74 Å². The topological polar surface area (TPSA) is 114 Å². The number of ether oxygens (including phenoxy) is 1. The van der Waals surface area contributed by atoms with Crippen LogP contribution in [0.2, 0.25) is 0 Å². The highest BCUT2D eigenvalue weighted by Gasteiger charge is 2.38. The number of benzene rings is 1. The number of methoxy groups -OCH3 is 1. The molecule has 1 fully saturated rings. The molecular formula is C17H19N5O4S. The van der Waals surface area contributed by atoms with Crippen LogP contribution in [0.1, 0.15) is 17.0 Å². The van der Waals surface area contributed by atoms with Gasteiger partial charge in [0.2, 0.25) is 11.0 Å². The molecule has 2 N–H and O–H groups in total. The fourth-order valence-corrected chi connectivity index (χ4v) is 3.38. The van der Waals surface area contributed by atoms with Crippen molar-refractivity contribution >= 4 is 34.3 Å². The molecule has 4 amide bonds. The van der Waals surface area contributed by atoms with Crippen molar-refractivity contribution in [1.29, 1.82) is 0 Å². The first kappa shape index (κ1) is 18.9. The standard InChI is InChI=1S/C17H19N5O4S/c1-26-10-14-20-21-16(27-14)19-13(23)9-12-15(24)22(17(25)18-12)8-7-11-5-3-2-4-6-11/h2-6,12H,7-10H2,1H3,(H,18,25)(H,19,21,23)/t12-/m0/s1. The smallest absolute Gasteiger partial charge is 0.324 e. The van der Waals surface area contributed by atoms with Gasteiger partial charge in [-0.3, -0.25) is 14.5 Å². The van der Waals surface area contributed by atoms with Gasteiger partial charge < -0.3 is 15.4 Å². The van der Waals surface area contributed by atoms with Crippen LogP contribution in [0.4, 0.5) is 9.93 Å². The van der Waals surface area contributed by atoms with Gasteiger partial charge in [-0.15, -0.1) is 10.2 Å². The minimum atomic E-state index is -0.875. The molecule has 1 aliphatic rings. The quantitative estimate of drug-likeness (QED) is 0.656. The van der Waals surface area contributed by atoms with E-state index in [-0.39, 0.29) is 13.0 Å². The molecule has 1 aromatic heterocycles. The van der Waals surface area contributed by atoms with Crippen LogP contribution in [0.15, 0.2) is 30.3 Å². The molecule has 0 spiro atoms. The van der Waals surface area contributed by atoms with E-state index in [9.17, 15) is 14.4 Å². The van der Waals surface area contributed by atoms with Crippen LogP contribution >= 0.6 is 11.3 Å². The van der Waals surface area contributed by atoms with Crippen molar-refractivity contribution in [2.24, 2.45) is 0 Å². The van der Waals surface area contributed by atoms with E-state index in [1.165, 1.54) is 18.4 Å². The first-order valence-electron chi connectivity index (χ1n) is 8.34. The van der Waals surface area contributed by atoms with Crippen molar-refractivity contribution in [2.75, 3.05) is 19.0 Å². The number of carbonyl (C=O) groups is 3. The molecule has 1 atom stereocenters. The summed E-state index contributed by atoms with van der Waals surface area (Å²) in [7, 11) is 1.54. The Morgan fingerprint density at radius 3 is 2.81 bits per heavy atom. The van der Waals surface area contributed by atoms with E-state index in [1.54, 1.807) is 0 Å². The van der Waals surface area contributed by atoms with Crippen molar-refractivity contribution in [2.45, 2.75) is 25.5 Å². The second-order valence-electron chi connectivity index (χ2n) is 5.91. The van der Waals surface area contributed by atoms with Gasteiger partial charge >= 0.3 is 6.03 Å². The number of hydrogen-bond acceptors (Lipinski definition) is 7. The van der Waals surface area contributed by atoms with E-state index in [1.807, 2.05) is 30.3 Å². The van der Waals surface area contributed by atoms with Crippen molar-refractivity contribution in [3.05, 3.63) is 40.9 Å². The SMILES string of the molecule is COCc1nnc(NC(=O)C[C@@H]2NC(=O)N(CCc3ccccc3)C2=O)s1. The number of nitrogens with zero attached hydrogens (tertiary/aromatic N) is 3. The van der Waals surface area contributed by atoms with Crippen LogP contribution in [0.3, 0.4) is 0 Å². The Bertz CT molecular complexity index is 826. The van der Waals surface area contributed by atoms with E-state index in [2.05, 4.69) is 20.8 Å². The summed E-state index contributed by atoms with van der Waals surface area (Å²) in [5.41, 5.74) is 1.03. The first-order chi connectivity index (χ1) is 13.1. The molecule has 0 bridgehead atoms. The zero-order valence-corrected chi connectivity index (χ0v) is 15.5. The van der Waals surface area contributed by atoms with Crippen LogP contribution in [0.25, 0.3) is 0 Å². The number of aromatic nitrogens is 2. The molecule has 0 radical (unpaired) electrons. The molecular weight excluding hydrogens is 370 g/mol. The third-order valence-corrected chi connectivity index (χ3v) is 4.76. The number of urea groups is 1. The zero-order valence-electron chi connectivity index (χ0n) is 14.7. The van der Waals surface area contributed by atoms with Crippen molar-refractivity contribution in [3.63, 3.8) is 0 Å². The molecule has 2 heterocycles. The van der Waals surface area contributed by atoms with Crippen LogP contribution in [0.5, 0.6) is 0 Å². The highest BCUT2D eigenvalue weighted by molar-refractivity contribution is 7.15. The van der Waals surface area contributed by atoms with Gasteiger partial charge in [0.1, 0.15) is 17.7 Å². The van der Waals surface area contributed by atoms with Crippen LogP contribution in [-0.2, 0) is 27.4 Å². The summed E-state index contributed by atoms with van der Waals surface area (Å²) in [6, 6.07) is 8.22. The molecule has 1 aliphatic heterocycles. The second kappa shape index (κ2) is 8.69. The Hall–Kier alpha value is -2.85. The lowest BCUT2D eigenvalue weighted by molar-refractivity contribution is -0.129. The predicted molar refractivity (Wildman–Crippen MR) is 98.0 cm³/mol. The molecule has 142 valence electrons. The maximum absolute atomic E-state index is 12.4. The third kappa shape index (κ3) is 4.86. The molecule has 9 nitrogen and oxygen atoms in total. The largest absolute Gasteiger partial charge is 0.377 e. The molecule has 2 aromatic rings. The van der Waals surface area contributed by atoms with Gasteiger partial charge in [-0.1, -0.05) is 41.7 Å². The summed E-state index contributed by atoms with van der Waals surface area (Å²) in [6.45, 7) is 0.574. The Balaban J connectivity index is 1.52. The van der Waals surface area contributed by atoms with Gasteiger partial charge in [0.25, 0.3) is 5.91 Å². The predicted octanol–water partition coefficient (Wildman–Crippen LogP) is 1.18. The maximum Gasteiger partial charge on any atom is 0.324 e. The molecule has 0 saturated carbocycles. The number of rotatable bonds is 8. The number of imide groups is 1. The van der Waals surface area contributed by atoms with Gasteiger partial charge in [0.15, 0.2) is 0 Å². The van der Waals surface area contributed by atoms with E-state index in [0.29, 0.717) is 23.2 Å². The average Bonchev–Trinajstić information content (AvgIpc) is 3.19. The maximum atomic E-state index is 12.4. The Kier molecular flexibility index (Phi) is 6.09. The molecule has 1 aromatic carbocycles. The molecule has 27 heavy (non-hydrogen) atoms. The highest BCUT2D eigenvalue weighted by Crippen LogP contribution is 2.17. The fourth-order valence-electron chi connectivity index (χ4n) is 2.65. The minimum Gasteiger partial charge on any atom is -0.377 e. The molecule has 10 heteroatoms. The van der Waals surface area contributed by atoms with Crippen LogP contribution in [0, 0.1) is 0 Å². The second-order valence-corrected chi connectivity index (χ2v) is 6.98. The number of hydrogen-bond donors (Lipinski definition) is 2. The number of amides is 4. The van der Waals surface area contributed by atoms with Crippen LogP contribution < -0.4 is 10.6 Å². The first-order valence-corrected chi connectivity index (χ1v) is 9.15. The molecule has 3 rings (SSSR count). The molecule has 1 saturated heterocycles. The minimum absolute atomic E-state index is 0.161. The summed E-state index contributed by atoms with van der Waals surface area (Å²) < 4.78 is 4.94. The fraction of sp³-hybridized carbons (Fsp3) is 0.353. The lowest BCUT2D eigenvalue weighted by Gasteiger charge is -2.12. The number of carbonyl (C=O) groups excluding carboxylic acids is 3. The highest BCUT2D eigenvalue weighted by atomic mass is 32.1. The van der Waals surface area contributed by atoms with Gasteiger partial charge in [-0.2, -0.15) is 0 Å². The Morgan fingerprint density at radius 1 is 1.30 bits per heavy atom.